The zero-order valence-electron chi connectivity index (χ0n) is 19.0. The van der Waals surface area contributed by atoms with E-state index < -0.39 is 6.04 Å². The molecule has 0 radical (unpaired) electrons. The summed E-state index contributed by atoms with van der Waals surface area (Å²) >= 11 is 0. The molecule has 4 aromatic rings. The monoisotopic (exact) mass is 454 g/mol. The summed E-state index contributed by atoms with van der Waals surface area (Å²) in [5.74, 6) is 0.396. The van der Waals surface area contributed by atoms with E-state index in [0.29, 0.717) is 28.7 Å². The topological polar surface area (TPSA) is 84.7 Å². The number of rotatable bonds is 4. The zero-order chi connectivity index (χ0) is 23.8. The number of carbonyl (C=O) groups excluding carboxylic acids is 1. The van der Waals surface area contributed by atoms with Gasteiger partial charge in [0, 0.05) is 17.5 Å². The zero-order valence-corrected chi connectivity index (χ0v) is 19.0. The summed E-state index contributed by atoms with van der Waals surface area (Å²) in [5, 5.41) is 10.9. The van der Waals surface area contributed by atoms with Crippen LogP contribution in [0.4, 0.5) is 16.0 Å². The molecule has 3 heterocycles. The van der Waals surface area contributed by atoms with Gasteiger partial charge in [0.2, 0.25) is 5.95 Å². The average Bonchev–Trinajstić information content (AvgIpc) is 3.24. The molecule has 0 spiro atoms. The van der Waals surface area contributed by atoms with Crippen molar-refractivity contribution in [2.75, 3.05) is 10.6 Å². The molecule has 1 aliphatic rings. The summed E-state index contributed by atoms with van der Waals surface area (Å²) < 4.78 is 15.4. The number of amides is 1. The lowest BCUT2D eigenvalue weighted by atomic mass is 9.95. The Morgan fingerprint density at radius 3 is 2.56 bits per heavy atom. The fourth-order valence-corrected chi connectivity index (χ4v) is 4.04. The molecule has 170 valence electrons. The van der Waals surface area contributed by atoms with E-state index in [-0.39, 0.29) is 11.7 Å². The maximum Gasteiger partial charge on any atom is 0.255 e. The highest BCUT2D eigenvalue weighted by Crippen LogP contribution is 2.37. The quantitative estimate of drug-likeness (QED) is 0.452. The minimum atomic E-state index is -0.596. The number of carbonyl (C=O) groups is 1. The lowest BCUT2D eigenvalue weighted by Crippen LogP contribution is -2.31. The van der Waals surface area contributed by atoms with E-state index >= 15 is 0 Å². The Kier molecular flexibility index (Phi) is 5.41. The molecular formula is C26H23FN6O. The van der Waals surface area contributed by atoms with Gasteiger partial charge in [-0.2, -0.15) is 4.98 Å². The van der Waals surface area contributed by atoms with Gasteiger partial charge < -0.3 is 10.6 Å². The van der Waals surface area contributed by atoms with Gasteiger partial charge in [-0.25, -0.2) is 9.07 Å². The Balaban J connectivity index is 1.60. The van der Waals surface area contributed by atoms with Crippen LogP contribution in [0.2, 0.25) is 0 Å². The number of aryl methyl sites for hydroxylation is 2. The molecule has 1 atom stereocenters. The third-order valence-corrected chi connectivity index (χ3v) is 5.97. The number of fused-ring (bicyclic) bond motifs is 1. The summed E-state index contributed by atoms with van der Waals surface area (Å²) in [6.07, 6.45) is 3.22. The van der Waals surface area contributed by atoms with E-state index in [4.69, 9.17) is 10.1 Å². The number of allylic oxidation sites excluding steroid dienone is 1. The number of pyridine rings is 1. The molecule has 2 N–H and O–H groups in total. The van der Waals surface area contributed by atoms with Gasteiger partial charge in [-0.05, 0) is 67.8 Å². The number of aromatic nitrogens is 4. The normalized spacial score (nSPS) is 15.0. The van der Waals surface area contributed by atoms with Crippen LogP contribution in [0.15, 0.2) is 78.3 Å². The first kappa shape index (κ1) is 21.5. The summed E-state index contributed by atoms with van der Waals surface area (Å²) in [6, 6.07) is 15.1. The van der Waals surface area contributed by atoms with Gasteiger partial charge in [0.05, 0.1) is 17.5 Å². The largest absolute Gasteiger partial charge is 0.328 e. The van der Waals surface area contributed by atoms with E-state index in [2.05, 4.69) is 22.5 Å². The Morgan fingerprint density at radius 2 is 1.85 bits per heavy atom. The van der Waals surface area contributed by atoms with Crippen molar-refractivity contribution >= 4 is 17.5 Å². The first-order valence-electron chi connectivity index (χ1n) is 10.9. The van der Waals surface area contributed by atoms with Gasteiger partial charge in [0.1, 0.15) is 11.9 Å². The van der Waals surface area contributed by atoms with Gasteiger partial charge >= 0.3 is 0 Å². The standard InChI is InChI=1S/C26H23FN6O/c1-15-6-7-19(13-16(15)2)24-31-26-29-17(3)22(25(34)30-21-5-4-12-28-14-21)23(33(26)32-24)18-8-10-20(27)11-9-18/h4-14,23H,1-3H3,(H,30,34)(H,29,31,32). The van der Waals surface area contributed by atoms with Crippen molar-refractivity contribution in [3.63, 3.8) is 0 Å². The predicted molar refractivity (Wildman–Crippen MR) is 129 cm³/mol. The molecule has 2 aromatic heterocycles. The molecule has 0 fully saturated rings. The summed E-state index contributed by atoms with van der Waals surface area (Å²) in [6.45, 7) is 5.92. The lowest BCUT2D eigenvalue weighted by molar-refractivity contribution is -0.113. The van der Waals surface area contributed by atoms with Crippen LogP contribution in [-0.4, -0.2) is 25.7 Å². The van der Waals surface area contributed by atoms with Gasteiger partial charge in [-0.1, -0.05) is 24.3 Å². The Morgan fingerprint density at radius 1 is 1.06 bits per heavy atom. The summed E-state index contributed by atoms with van der Waals surface area (Å²) in [7, 11) is 0. The molecule has 8 heteroatoms. The Labute approximate surface area is 196 Å². The van der Waals surface area contributed by atoms with Gasteiger partial charge in [0.25, 0.3) is 5.91 Å². The highest BCUT2D eigenvalue weighted by atomic mass is 19.1. The number of hydrogen-bond donors (Lipinski definition) is 2. The molecule has 0 saturated carbocycles. The average molecular weight is 455 g/mol. The number of nitrogens with zero attached hydrogens (tertiary/aromatic N) is 4. The molecule has 1 aliphatic heterocycles. The molecule has 2 aromatic carbocycles. The summed E-state index contributed by atoms with van der Waals surface area (Å²) in [5.41, 5.74) is 5.59. The first-order chi connectivity index (χ1) is 16.4. The third-order valence-electron chi connectivity index (χ3n) is 5.97. The van der Waals surface area contributed by atoms with Crippen LogP contribution >= 0.6 is 0 Å². The van der Waals surface area contributed by atoms with Gasteiger partial charge in [0.15, 0.2) is 5.82 Å². The maximum absolute atomic E-state index is 13.7. The molecule has 1 unspecified atom stereocenters. The van der Waals surface area contributed by atoms with E-state index in [1.165, 1.54) is 17.7 Å². The highest BCUT2D eigenvalue weighted by molar-refractivity contribution is 6.05. The fourth-order valence-electron chi connectivity index (χ4n) is 4.04. The molecule has 34 heavy (non-hydrogen) atoms. The molecule has 5 rings (SSSR count). The predicted octanol–water partition coefficient (Wildman–Crippen LogP) is 5.02. The van der Waals surface area contributed by atoms with Crippen LogP contribution in [0.25, 0.3) is 11.4 Å². The van der Waals surface area contributed by atoms with E-state index in [1.54, 1.807) is 41.3 Å². The second-order valence-corrected chi connectivity index (χ2v) is 8.32. The number of nitrogens with one attached hydrogen (secondary N) is 2. The Bertz CT molecular complexity index is 1410. The summed E-state index contributed by atoms with van der Waals surface area (Å²) in [4.78, 5) is 22.2. The number of benzene rings is 2. The third kappa shape index (κ3) is 3.94. The molecule has 7 nitrogen and oxygen atoms in total. The van der Waals surface area contributed by atoms with Crippen LogP contribution in [0.5, 0.6) is 0 Å². The van der Waals surface area contributed by atoms with Crippen LogP contribution < -0.4 is 10.6 Å². The van der Waals surface area contributed by atoms with Crippen LogP contribution in [0, 0.1) is 19.7 Å². The van der Waals surface area contributed by atoms with Crippen molar-refractivity contribution in [3.05, 3.63) is 101 Å². The smallest absolute Gasteiger partial charge is 0.255 e. The fraction of sp³-hybridized carbons (Fsp3) is 0.154. The molecule has 0 aliphatic carbocycles. The molecule has 1 amide bonds. The van der Waals surface area contributed by atoms with Crippen molar-refractivity contribution in [2.45, 2.75) is 26.8 Å². The second-order valence-electron chi connectivity index (χ2n) is 8.32. The SMILES string of the molecule is CC1=C(C(=O)Nc2cccnc2)C(c2ccc(F)cc2)n2nc(-c3ccc(C)c(C)c3)nc2N1. The van der Waals surface area contributed by atoms with Crippen LogP contribution in [-0.2, 0) is 4.79 Å². The van der Waals surface area contributed by atoms with Crippen LogP contribution in [0.1, 0.15) is 29.7 Å². The van der Waals surface area contributed by atoms with Crippen molar-refractivity contribution < 1.29 is 9.18 Å². The number of halogens is 1. The highest BCUT2D eigenvalue weighted by Gasteiger charge is 2.34. The molecular weight excluding hydrogens is 431 g/mol. The second kappa shape index (κ2) is 8.55. The van der Waals surface area contributed by atoms with Gasteiger partial charge in [-0.15, -0.1) is 5.10 Å². The van der Waals surface area contributed by atoms with Crippen molar-refractivity contribution in [3.8, 4) is 11.4 Å². The first-order valence-corrected chi connectivity index (χ1v) is 10.9. The molecule has 0 bridgehead atoms. The minimum Gasteiger partial charge on any atom is -0.328 e. The maximum atomic E-state index is 13.7. The van der Waals surface area contributed by atoms with Gasteiger partial charge in [-0.3, -0.25) is 9.78 Å². The van der Waals surface area contributed by atoms with Crippen LogP contribution in [0.3, 0.4) is 0 Å². The van der Waals surface area contributed by atoms with E-state index in [0.717, 1.165) is 16.7 Å². The lowest BCUT2D eigenvalue weighted by Gasteiger charge is -2.28. The van der Waals surface area contributed by atoms with Crippen molar-refractivity contribution in [1.82, 2.24) is 19.7 Å². The minimum absolute atomic E-state index is 0.304. The number of hydrogen-bond acceptors (Lipinski definition) is 5. The van der Waals surface area contributed by atoms with Crippen molar-refractivity contribution in [2.24, 2.45) is 0 Å². The van der Waals surface area contributed by atoms with E-state index in [9.17, 15) is 9.18 Å². The van der Waals surface area contributed by atoms with E-state index in [1.807, 2.05) is 32.0 Å². The molecule has 0 saturated heterocycles. The number of anilines is 2. The Hall–Kier alpha value is -4.33. The van der Waals surface area contributed by atoms with Crippen molar-refractivity contribution in [1.29, 1.82) is 0 Å².